The maximum Gasteiger partial charge on any atom is 0.0226 e. The largest absolute Gasteiger partial charge is 0.0589 e. The van der Waals surface area contributed by atoms with Crippen molar-refractivity contribution in [1.29, 1.82) is 0 Å². The number of allylic oxidation sites excluding steroid dienone is 8. The minimum absolute atomic E-state index is 0. The van der Waals surface area contributed by atoms with Gasteiger partial charge in [0, 0.05) is 28.9 Å². The Balaban J connectivity index is 0.000000364. The zero-order valence-electron chi connectivity index (χ0n) is 15.4. The van der Waals surface area contributed by atoms with Gasteiger partial charge < -0.3 is 0 Å². The van der Waals surface area contributed by atoms with Gasteiger partial charge in [-0.2, -0.15) is 0 Å². The van der Waals surface area contributed by atoms with Crippen LogP contribution in [0, 0.1) is 11.8 Å². The number of rotatable bonds is 0. The van der Waals surface area contributed by atoms with Crippen molar-refractivity contribution < 1.29 is 17.1 Å². The molecule has 0 saturated heterocycles. The normalized spacial score (nSPS) is 20.3. The van der Waals surface area contributed by atoms with E-state index in [-0.39, 0.29) is 17.1 Å². The van der Waals surface area contributed by atoms with E-state index in [1.54, 1.807) is 0 Å². The average molecular weight is 326 g/mol. The van der Waals surface area contributed by atoms with Crippen LogP contribution in [0.3, 0.4) is 0 Å². The van der Waals surface area contributed by atoms with E-state index in [1.807, 2.05) is 0 Å². The van der Waals surface area contributed by atoms with Crippen LogP contribution in [-0.2, 0) is 17.1 Å². The Bertz CT molecular complexity index is 440. The van der Waals surface area contributed by atoms with E-state index in [2.05, 4.69) is 69.2 Å². The van der Waals surface area contributed by atoms with Crippen LogP contribution in [0.4, 0.5) is 0 Å². The second-order valence-corrected chi connectivity index (χ2v) is 6.25. The molecular formula is C20H30Fe. The molecule has 0 saturated carbocycles. The van der Waals surface area contributed by atoms with Crippen LogP contribution in [-0.4, -0.2) is 0 Å². The summed E-state index contributed by atoms with van der Waals surface area (Å²) in [6.45, 7) is 22.0. The first-order valence-electron chi connectivity index (χ1n) is 7.50. The molecule has 0 nitrogen and oxygen atoms in total. The van der Waals surface area contributed by atoms with E-state index in [9.17, 15) is 0 Å². The molecule has 0 fully saturated rings. The van der Waals surface area contributed by atoms with Crippen molar-refractivity contribution in [2.45, 2.75) is 69.2 Å². The fourth-order valence-corrected chi connectivity index (χ4v) is 2.81. The molecular weight excluding hydrogens is 296 g/mol. The van der Waals surface area contributed by atoms with Crippen molar-refractivity contribution in [3.63, 3.8) is 0 Å². The molecule has 0 aliphatic heterocycles. The van der Waals surface area contributed by atoms with Gasteiger partial charge in [0.25, 0.3) is 0 Å². The Kier molecular flexibility index (Phi) is 7.46. The molecule has 0 atom stereocenters. The molecule has 0 N–H and O–H groups in total. The van der Waals surface area contributed by atoms with Crippen molar-refractivity contribution in [2.75, 3.05) is 0 Å². The minimum atomic E-state index is 0. The minimum Gasteiger partial charge on any atom is -0.0589 e. The summed E-state index contributed by atoms with van der Waals surface area (Å²) in [5.41, 5.74) is 11.7. The third kappa shape index (κ3) is 3.82. The maximum atomic E-state index is 2.20. The average Bonchev–Trinajstić information content (AvgIpc) is 2.71. The van der Waals surface area contributed by atoms with Crippen LogP contribution in [0.25, 0.3) is 0 Å². The van der Waals surface area contributed by atoms with E-state index in [1.165, 1.54) is 56.4 Å². The topological polar surface area (TPSA) is 0 Å². The molecule has 2 aliphatic rings. The number of hydrogen-bond acceptors (Lipinski definition) is 0. The van der Waals surface area contributed by atoms with Gasteiger partial charge in [0.05, 0.1) is 0 Å². The summed E-state index contributed by atoms with van der Waals surface area (Å²) in [6.07, 6.45) is 0. The second kappa shape index (κ2) is 7.65. The molecule has 2 radical (unpaired) electrons. The van der Waals surface area contributed by atoms with Gasteiger partial charge in [0.2, 0.25) is 0 Å². The van der Waals surface area contributed by atoms with Gasteiger partial charge >= 0.3 is 0 Å². The molecule has 21 heavy (non-hydrogen) atoms. The van der Waals surface area contributed by atoms with Gasteiger partial charge in [0.1, 0.15) is 0 Å². The molecule has 0 bridgehead atoms. The smallest absolute Gasteiger partial charge is 0.0226 e. The standard InChI is InChI=1S/2C10H15.Fe/c2*1-6-7(2)9(4)10(5)8(6)3;/h2*1-5H3;. The van der Waals surface area contributed by atoms with E-state index in [0.29, 0.717) is 0 Å². The van der Waals surface area contributed by atoms with Gasteiger partial charge in [-0.15, -0.1) is 0 Å². The molecule has 118 valence electrons. The zero-order chi connectivity index (χ0) is 15.8. The van der Waals surface area contributed by atoms with E-state index in [4.69, 9.17) is 0 Å². The van der Waals surface area contributed by atoms with Gasteiger partial charge in [0.15, 0.2) is 0 Å². The Morgan fingerprint density at radius 3 is 0.476 bits per heavy atom. The first-order valence-corrected chi connectivity index (χ1v) is 7.50. The van der Waals surface area contributed by atoms with E-state index >= 15 is 0 Å². The fourth-order valence-electron chi connectivity index (χ4n) is 2.81. The Morgan fingerprint density at radius 2 is 0.429 bits per heavy atom. The van der Waals surface area contributed by atoms with Crippen molar-refractivity contribution >= 4 is 0 Å². The zero-order valence-corrected chi connectivity index (χ0v) is 16.5. The van der Waals surface area contributed by atoms with Crippen molar-refractivity contribution in [2.24, 2.45) is 0 Å². The fraction of sp³-hybridized carbons (Fsp3) is 0.500. The molecule has 0 unspecified atom stereocenters. The van der Waals surface area contributed by atoms with E-state index < -0.39 is 0 Å². The summed E-state index contributed by atoms with van der Waals surface area (Å²) >= 11 is 0. The predicted molar refractivity (Wildman–Crippen MR) is 91.3 cm³/mol. The van der Waals surface area contributed by atoms with Crippen molar-refractivity contribution in [3.05, 3.63) is 56.4 Å². The molecule has 0 heterocycles. The number of hydrogen-bond donors (Lipinski definition) is 0. The Morgan fingerprint density at radius 1 is 0.286 bits per heavy atom. The van der Waals surface area contributed by atoms with Gasteiger partial charge in [-0.3, -0.25) is 0 Å². The van der Waals surface area contributed by atoms with Gasteiger partial charge in [-0.05, 0) is 77.7 Å². The first-order chi connectivity index (χ1) is 9.11. The summed E-state index contributed by atoms with van der Waals surface area (Å²) in [5.74, 6) is 2.94. The van der Waals surface area contributed by atoms with Crippen LogP contribution in [0.1, 0.15) is 69.2 Å². The van der Waals surface area contributed by atoms with Crippen LogP contribution in [0.5, 0.6) is 0 Å². The molecule has 0 aromatic heterocycles. The molecule has 1 heteroatoms. The first kappa shape index (κ1) is 20.5. The molecule has 0 amide bonds. The quantitative estimate of drug-likeness (QED) is 0.444. The van der Waals surface area contributed by atoms with Crippen LogP contribution < -0.4 is 0 Å². The van der Waals surface area contributed by atoms with Crippen molar-refractivity contribution in [3.8, 4) is 0 Å². The summed E-state index contributed by atoms with van der Waals surface area (Å²) in [4.78, 5) is 0. The van der Waals surface area contributed by atoms with Crippen molar-refractivity contribution in [1.82, 2.24) is 0 Å². The summed E-state index contributed by atoms with van der Waals surface area (Å²) in [5, 5.41) is 0. The SMILES string of the molecule is C[C]1C(C)=C(C)C(C)=C1C.C[C]1C(C)=C(C)C(C)=C1C.[Fe]. The van der Waals surface area contributed by atoms with Gasteiger partial charge in [-0.25, -0.2) is 0 Å². The molecule has 2 aliphatic carbocycles. The maximum absolute atomic E-state index is 2.20. The van der Waals surface area contributed by atoms with Crippen LogP contribution >= 0.6 is 0 Å². The monoisotopic (exact) mass is 326 g/mol. The molecule has 0 spiro atoms. The Labute approximate surface area is 143 Å². The van der Waals surface area contributed by atoms with Gasteiger partial charge in [-0.1, -0.05) is 36.1 Å². The second-order valence-electron chi connectivity index (χ2n) is 6.25. The predicted octanol–water partition coefficient (Wildman–Crippen LogP) is 6.53. The van der Waals surface area contributed by atoms with Crippen LogP contribution in [0.15, 0.2) is 44.6 Å². The molecule has 0 aromatic rings. The summed E-state index contributed by atoms with van der Waals surface area (Å²) in [7, 11) is 0. The third-order valence-corrected chi connectivity index (χ3v) is 5.62. The van der Waals surface area contributed by atoms with Crippen LogP contribution in [0.2, 0.25) is 0 Å². The molecule has 2 rings (SSSR count). The summed E-state index contributed by atoms with van der Waals surface area (Å²) < 4.78 is 0. The van der Waals surface area contributed by atoms with E-state index in [0.717, 1.165) is 0 Å². The summed E-state index contributed by atoms with van der Waals surface area (Å²) in [6, 6.07) is 0. The molecule has 0 aromatic carbocycles. The third-order valence-electron chi connectivity index (χ3n) is 5.62. The Hall–Kier alpha value is -0.521.